The number of fused-ring (bicyclic) bond motifs is 2. The second-order valence-corrected chi connectivity index (χ2v) is 14.1. The van der Waals surface area contributed by atoms with Crippen LogP contribution < -0.4 is 5.73 Å². The molecule has 4 aromatic rings. The van der Waals surface area contributed by atoms with Gasteiger partial charge in [-0.15, -0.1) is 0 Å². The molecule has 2 aliphatic rings. The van der Waals surface area contributed by atoms with Crippen molar-refractivity contribution in [2.45, 2.75) is 50.3 Å². The first kappa shape index (κ1) is 26.5. The minimum absolute atomic E-state index is 0.0382. The van der Waals surface area contributed by atoms with Gasteiger partial charge in [-0.3, -0.25) is 0 Å². The number of nitrogens with two attached hydrogens (primary N) is 1. The Hall–Kier alpha value is -3.68. The van der Waals surface area contributed by atoms with E-state index in [-0.39, 0.29) is 10.8 Å². The highest BCUT2D eigenvalue weighted by molar-refractivity contribution is 7.89. The number of anilines is 1. The molecule has 3 aromatic carbocycles. The minimum Gasteiger partial charge on any atom is -0.399 e. The first-order valence-corrected chi connectivity index (χ1v) is 15.3. The molecule has 2 N–H and O–H groups in total. The zero-order valence-corrected chi connectivity index (χ0v) is 24.2. The lowest BCUT2D eigenvalue weighted by Gasteiger charge is -2.46. The summed E-state index contributed by atoms with van der Waals surface area (Å²) in [7, 11) is -3.65. The van der Waals surface area contributed by atoms with Crippen LogP contribution in [0.1, 0.15) is 49.6 Å². The summed E-state index contributed by atoms with van der Waals surface area (Å²) in [6.45, 7) is 7.29. The summed E-state index contributed by atoms with van der Waals surface area (Å²) in [6.07, 6.45) is 6.37. The van der Waals surface area contributed by atoms with E-state index in [0.717, 1.165) is 35.3 Å². The lowest BCUT2D eigenvalue weighted by molar-refractivity contribution is 0.209. The van der Waals surface area contributed by atoms with Gasteiger partial charge in [0, 0.05) is 24.2 Å². The molecule has 40 heavy (non-hydrogen) atoms. The van der Waals surface area contributed by atoms with Crippen LogP contribution in [0.2, 0.25) is 0 Å². The van der Waals surface area contributed by atoms with Crippen LogP contribution in [-0.2, 0) is 28.3 Å². The highest BCUT2D eigenvalue weighted by Gasteiger charge is 2.46. The van der Waals surface area contributed by atoms with Gasteiger partial charge in [0.25, 0.3) is 0 Å². The fourth-order valence-electron chi connectivity index (χ4n) is 6.16. The predicted molar refractivity (Wildman–Crippen MR) is 161 cm³/mol. The van der Waals surface area contributed by atoms with Crippen LogP contribution in [-0.4, -0.2) is 35.6 Å². The maximum atomic E-state index is 14.0. The molecule has 1 aliphatic heterocycles. The molecule has 1 atom stereocenters. The maximum Gasteiger partial charge on any atom is 0.243 e. The fourth-order valence-corrected chi connectivity index (χ4v) is 7.68. The molecule has 0 radical (unpaired) electrons. The van der Waals surface area contributed by atoms with E-state index in [4.69, 9.17) is 10.8 Å². The number of nitrogens with zero attached hydrogens (tertiary/aromatic N) is 3. The van der Waals surface area contributed by atoms with Crippen LogP contribution >= 0.6 is 0 Å². The van der Waals surface area contributed by atoms with Gasteiger partial charge in [-0.25, -0.2) is 13.1 Å². The zero-order chi connectivity index (χ0) is 28.1. The first-order chi connectivity index (χ1) is 19.0. The van der Waals surface area contributed by atoms with E-state index in [0.29, 0.717) is 30.1 Å². The molecule has 6 rings (SSSR count). The van der Waals surface area contributed by atoms with Crippen molar-refractivity contribution in [3.8, 4) is 5.69 Å². The molecule has 2 heterocycles. The van der Waals surface area contributed by atoms with Gasteiger partial charge in [0.1, 0.15) is 0 Å². The molecule has 0 amide bonds. The molecule has 1 fully saturated rings. The van der Waals surface area contributed by atoms with Gasteiger partial charge in [0.2, 0.25) is 10.0 Å². The SMILES string of the molecule is CC(C)(C)c1ccc(S(=O)(=O)N2CCC3=Cc4c(cnn4-c4ccc(N)cc4)CC3(Cc3ccccc3)C2)cc1. The fraction of sp³-hybridized carbons (Fsp3) is 0.303. The lowest BCUT2D eigenvalue weighted by Crippen LogP contribution is -2.50. The van der Waals surface area contributed by atoms with E-state index >= 15 is 0 Å². The van der Waals surface area contributed by atoms with Crippen LogP contribution in [0.25, 0.3) is 11.8 Å². The third-order valence-corrected chi connectivity index (χ3v) is 10.3. The number of sulfonamides is 1. The Morgan fingerprint density at radius 2 is 1.65 bits per heavy atom. The molecule has 206 valence electrons. The Balaban J connectivity index is 1.38. The number of piperidine rings is 1. The molecular formula is C33H36N4O2S. The molecule has 0 saturated carbocycles. The van der Waals surface area contributed by atoms with E-state index in [1.165, 1.54) is 11.1 Å². The second-order valence-electron chi connectivity index (χ2n) is 12.2. The first-order valence-electron chi connectivity index (χ1n) is 13.8. The van der Waals surface area contributed by atoms with Crippen molar-refractivity contribution in [1.29, 1.82) is 0 Å². The third kappa shape index (κ3) is 4.78. The summed E-state index contributed by atoms with van der Waals surface area (Å²) < 4.78 is 31.6. The van der Waals surface area contributed by atoms with Crippen LogP contribution in [0.3, 0.4) is 0 Å². The van der Waals surface area contributed by atoms with Crippen LogP contribution in [0, 0.1) is 5.41 Å². The highest BCUT2D eigenvalue weighted by Crippen LogP contribution is 2.47. The van der Waals surface area contributed by atoms with Gasteiger partial charge >= 0.3 is 0 Å². The molecule has 1 aliphatic carbocycles. The molecule has 1 aromatic heterocycles. The lowest BCUT2D eigenvalue weighted by atomic mass is 9.66. The largest absolute Gasteiger partial charge is 0.399 e. The highest BCUT2D eigenvalue weighted by atomic mass is 32.2. The van der Waals surface area contributed by atoms with Crippen molar-refractivity contribution in [2.24, 2.45) is 5.41 Å². The summed E-state index contributed by atoms with van der Waals surface area (Å²) in [5.74, 6) is 0. The molecule has 7 heteroatoms. The van der Waals surface area contributed by atoms with E-state index in [9.17, 15) is 8.42 Å². The predicted octanol–water partition coefficient (Wildman–Crippen LogP) is 6.02. The zero-order valence-electron chi connectivity index (χ0n) is 23.3. The molecule has 0 spiro atoms. The average molecular weight is 553 g/mol. The standard InChI is InChI=1S/C33H36N4O2S/c1-32(2,3)26-9-15-30(16-10-26)40(38,39)36-18-17-27-19-31-25(22-35-37(31)29-13-11-28(34)12-14-29)21-33(27,23-36)20-24-7-5-4-6-8-24/h4-16,19,22H,17-18,20-21,23,34H2,1-3H3. The van der Waals surface area contributed by atoms with Crippen LogP contribution in [0.15, 0.2) is 95.5 Å². The summed E-state index contributed by atoms with van der Waals surface area (Å²) in [6, 6.07) is 25.5. The Morgan fingerprint density at radius 1 is 0.950 bits per heavy atom. The minimum atomic E-state index is -3.65. The number of nitrogen functional groups attached to an aromatic ring is 1. The van der Waals surface area contributed by atoms with Gasteiger partial charge < -0.3 is 5.73 Å². The molecule has 6 nitrogen and oxygen atoms in total. The quantitative estimate of drug-likeness (QED) is 0.307. The smallest absolute Gasteiger partial charge is 0.243 e. The second kappa shape index (κ2) is 9.75. The van der Waals surface area contributed by atoms with Crippen molar-refractivity contribution >= 4 is 21.8 Å². The number of benzene rings is 3. The summed E-state index contributed by atoms with van der Waals surface area (Å²) >= 11 is 0. The van der Waals surface area contributed by atoms with Crippen molar-refractivity contribution < 1.29 is 8.42 Å². The monoisotopic (exact) mass is 552 g/mol. The van der Waals surface area contributed by atoms with Gasteiger partial charge in [-0.1, -0.05) is 68.8 Å². The normalized spacial score (nSPS) is 19.5. The summed E-state index contributed by atoms with van der Waals surface area (Å²) in [5.41, 5.74) is 13.0. The number of aromatic nitrogens is 2. The number of rotatable bonds is 5. The molecule has 0 bridgehead atoms. The van der Waals surface area contributed by atoms with Crippen molar-refractivity contribution in [3.05, 3.63) is 113 Å². The van der Waals surface area contributed by atoms with Gasteiger partial charge in [0.15, 0.2) is 0 Å². The van der Waals surface area contributed by atoms with Crippen molar-refractivity contribution in [2.75, 3.05) is 18.8 Å². The van der Waals surface area contributed by atoms with E-state index in [2.05, 4.69) is 51.1 Å². The van der Waals surface area contributed by atoms with E-state index in [1.807, 2.05) is 53.3 Å². The van der Waals surface area contributed by atoms with Crippen LogP contribution in [0.4, 0.5) is 5.69 Å². The van der Waals surface area contributed by atoms with Crippen molar-refractivity contribution in [3.63, 3.8) is 0 Å². The Bertz CT molecular complexity index is 1670. The number of hydrogen-bond donors (Lipinski definition) is 1. The number of hydrogen-bond acceptors (Lipinski definition) is 4. The molecule has 1 saturated heterocycles. The van der Waals surface area contributed by atoms with Gasteiger partial charge in [-0.05, 0) is 83.8 Å². The van der Waals surface area contributed by atoms with Gasteiger partial charge in [0.05, 0.1) is 22.5 Å². The third-order valence-electron chi connectivity index (χ3n) is 8.40. The Labute approximate surface area is 237 Å². The van der Waals surface area contributed by atoms with Gasteiger partial charge in [-0.2, -0.15) is 9.40 Å². The van der Waals surface area contributed by atoms with Crippen molar-refractivity contribution in [1.82, 2.24) is 14.1 Å². The van der Waals surface area contributed by atoms with Crippen LogP contribution in [0.5, 0.6) is 0 Å². The Morgan fingerprint density at radius 3 is 2.33 bits per heavy atom. The Kier molecular flexibility index (Phi) is 6.47. The summed E-state index contributed by atoms with van der Waals surface area (Å²) in [5, 5.41) is 4.74. The summed E-state index contributed by atoms with van der Waals surface area (Å²) in [4.78, 5) is 0.357. The average Bonchev–Trinajstić information content (AvgIpc) is 3.34. The van der Waals surface area contributed by atoms with E-state index in [1.54, 1.807) is 16.4 Å². The molecule has 1 unspecified atom stereocenters. The van der Waals surface area contributed by atoms with E-state index < -0.39 is 10.0 Å². The topological polar surface area (TPSA) is 81.2 Å². The maximum absolute atomic E-state index is 14.0. The molecular weight excluding hydrogens is 516 g/mol.